The maximum atomic E-state index is 11.8. The number of benzene rings is 1. The molecule has 0 bridgehead atoms. The minimum Gasteiger partial charge on any atom is -0.488 e. The smallest absolute Gasteiger partial charge is 0.280 e. The Hall–Kier alpha value is -2.05. The van der Waals surface area contributed by atoms with Crippen LogP contribution in [0.2, 0.25) is 0 Å². The number of halogens is 2. The molecule has 0 atom stereocenters. The van der Waals surface area contributed by atoms with E-state index in [9.17, 15) is 23.7 Å². The van der Waals surface area contributed by atoms with Gasteiger partial charge in [0.2, 0.25) is 0 Å². The summed E-state index contributed by atoms with van der Waals surface area (Å²) in [7, 11) is 0. The van der Waals surface area contributed by atoms with Gasteiger partial charge in [0.05, 0.1) is 10.5 Å². The number of alkyl halides is 2. The van der Waals surface area contributed by atoms with Crippen LogP contribution >= 0.6 is 0 Å². The highest BCUT2D eigenvalue weighted by Gasteiger charge is 2.14. The van der Waals surface area contributed by atoms with Gasteiger partial charge in [-0.3, -0.25) is 14.9 Å². The van der Waals surface area contributed by atoms with E-state index in [4.69, 9.17) is 0 Å². The van der Waals surface area contributed by atoms with Crippen LogP contribution in [-0.4, -0.2) is 24.2 Å². The number of carbonyl (C=O) groups is 1. The molecule has 1 rings (SSSR count). The Kier molecular flexibility index (Phi) is 3.87. The molecular formula is C9H7F2NO4. The van der Waals surface area contributed by atoms with Gasteiger partial charge in [-0.1, -0.05) is 0 Å². The first-order chi connectivity index (χ1) is 7.54. The van der Waals surface area contributed by atoms with Gasteiger partial charge in [0.1, 0.15) is 12.4 Å². The molecule has 0 saturated carbocycles. The molecule has 7 heteroatoms. The fourth-order valence-corrected chi connectivity index (χ4v) is 1.04. The molecule has 0 aliphatic rings. The third-order valence-corrected chi connectivity index (χ3v) is 1.70. The van der Waals surface area contributed by atoms with E-state index >= 15 is 0 Å². The van der Waals surface area contributed by atoms with Crippen LogP contribution in [0.25, 0.3) is 0 Å². The van der Waals surface area contributed by atoms with E-state index in [1.807, 2.05) is 0 Å². The first-order valence-electron chi connectivity index (χ1n) is 4.19. The third kappa shape index (κ3) is 2.97. The standard InChI is InChI=1S/C9H7F2NO4/c10-9(11)5-16-7-1-2-8(12(14)15)6(3-7)4-13/h1-4,9H,5H2. The van der Waals surface area contributed by atoms with Gasteiger partial charge in [-0.2, -0.15) is 0 Å². The first kappa shape index (κ1) is 12.0. The van der Waals surface area contributed by atoms with E-state index in [2.05, 4.69) is 4.74 Å². The maximum Gasteiger partial charge on any atom is 0.280 e. The lowest BCUT2D eigenvalue weighted by molar-refractivity contribution is -0.385. The fraction of sp³-hybridized carbons (Fsp3) is 0.222. The molecule has 86 valence electrons. The molecule has 0 fully saturated rings. The van der Waals surface area contributed by atoms with Crippen molar-refractivity contribution in [3.8, 4) is 5.75 Å². The van der Waals surface area contributed by atoms with E-state index in [1.165, 1.54) is 0 Å². The normalized spacial score (nSPS) is 10.2. The van der Waals surface area contributed by atoms with Gasteiger partial charge in [0, 0.05) is 6.07 Å². The van der Waals surface area contributed by atoms with Crippen LogP contribution < -0.4 is 4.74 Å². The highest BCUT2D eigenvalue weighted by atomic mass is 19.3. The van der Waals surface area contributed by atoms with Crippen LogP contribution in [-0.2, 0) is 0 Å². The molecule has 1 aromatic rings. The molecule has 0 unspecified atom stereocenters. The van der Waals surface area contributed by atoms with E-state index in [0.717, 1.165) is 18.2 Å². The molecule has 0 spiro atoms. The van der Waals surface area contributed by atoms with Gasteiger partial charge in [-0.15, -0.1) is 0 Å². The van der Waals surface area contributed by atoms with Gasteiger partial charge >= 0.3 is 0 Å². The second-order valence-corrected chi connectivity index (χ2v) is 2.80. The molecule has 0 aromatic heterocycles. The summed E-state index contributed by atoms with van der Waals surface area (Å²) in [5.41, 5.74) is -0.601. The van der Waals surface area contributed by atoms with Gasteiger partial charge < -0.3 is 4.74 Å². The number of aldehydes is 1. The third-order valence-electron chi connectivity index (χ3n) is 1.70. The number of hydrogen-bond acceptors (Lipinski definition) is 4. The summed E-state index contributed by atoms with van der Waals surface area (Å²) in [6.45, 7) is -0.823. The van der Waals surface area contributed by atoms with E-state index < -0.39 is 18.0 Å². The summed E-state index contributed by atoms with van der Waals surface area (Å²) in [4.78, 5) is 20.2. The maximum absolute atomic E-state index is 11.8. The number of hydrogen-bond donors (Lipinski definition) is 0. The van der Waals surface area contributed by atoms with Crippen LogP contribution in [0.1, 0.15) is 10.4 Å². The zero-order valence-electron chi connectivity index (χ0n) is 7.93. The number of nitrogens with zero attached hydrogens (tertiary/aromatic N) is 1. The zero-order chi connectivity index (χ0) is 12.1. The fourth-order valence-electron chi connectivity index (χ4n) is 1.04. The molecule has 0 amide bonds. The molecule has 0 N–H and O–H groups in total. The lowest BCUT2D eigenvalue weighted by atomic mass is 10.2. The Bertz CT molecular complexity index is 408. The van der Waals surface area contributed by atoms with Crippen molar-refractivity contribution in [1.82, 2.24) is 0 Å². The van der Waals surface area contributed by atoms with Crippen LogP contribution in [0, 0.1) is 10.1 Å². The van der Waals surface area contributed by atoms with Crippen molar-refractivity contribution < 1.29 is 23.2 Å². The summed E-state index contributed by atoms with van der Waals surface area (Å²) in [6.07, 6.45) is -2.37. The lowest BCUT2D eigenvalue weighted by Crippen LogP contribution is -2.07. The topological polar surface area (TPSA) is 69.4 Å². The molecule has 0 heterocycles. The second-order valence-electron chi connectivity index (χ2n) is 2.80. The van der Waals surface area contributed by atoms with E-state index in [0.29, 0.717) is 0 Å². The highest BCUT2D eigenvalue weighted by Crippen LogP contribution is 2.22. The summed E-state index contributed by atoms with van der Waals surface area (Å²) in [5.74, 6) is -0.00648. The van der Waals surface area contributed by atoms with Crippen molar-refractivity contribution in [3.63, 3.8) is 0 Å². The van der Waals surface area contributed by atoms with E-state index in [1.54, 1.807) is 0 Å². The minimum atomic E-state index is -2.64. The quantitative estimate of drug-likeness (QED) is 0.441. The Labute approximate surface area is 88.8 Å². The number of carbonyl (C=O) groups excluding carboxylic acids is 1. The summed E-state index contributed by atoms with van der Waals surface area (Å²) in [6, 6.07) is 3.24. The summed E-state index contributed by atoms with van der Waals surface area (Å²) >= 11 is 0. The molecule has 0 aliphatic carbocycles. The number of nitro benzene ring substituents is 1. The van der Waals surface area contributed by atoms with E-state index in [-0.39, 0.29) is 23.3 Å². The van der Waals surface area contributed by atoms with Crippen molar-refractivity contribution in [2.45, 2.75) is 6.43 Å². The SMILES string of the molecule is O=Cc1cc(OCC(F)F)ccc1[N+](=O)[O-]. The molecule has 0 saturated heterocycles. The predicted octanol–water partition coefficient (Wildman–Crippen LogP) is 2.05. The molecule has 1 aromatic carbocycles. The lowest BCUT2D eigenvalue weighted by Gasteiger charge is -2.05. The van der Waals surface area contributed by atoms with Crippen molar-refractivity contribution in [3.05, 3.63) is 33.9 Å². The van der Waals surface area contributed by atoms with Crippen LogP contribution in [0.15, 0.2) is 18.2 Å². The Balaban J connectivity index is 2.91. The van der Waals surface area contributed by atoms with Crippen molar-refractivity contribution >= 4 is 12.0 Å². The van der Waals surface area contributed by atoms with Crippen molar-refractivity contribution in [2.24, 2.45) is 0 Å². The Morgan fingerprint density at radius 1 is 1.50 bits per heavy atom. The number of nitro groups is 1. The van der Waals surface area contributed by atoms with Crippen molar-refractivity contribution in [1.29, 1.82) is 0 Å². The monoisotopic (exact) mass is 231 g/mol. The summed E-state index contributed by atoms with van der Waals surface area (Å²) < 4.78 is 28.2. The second kappa shape index (κ2) is 5.15. The van der Waals surface area contributed by atoms with Gasteiger partial charge in [-0.25, -0.2) is 8.78 Å². The van der Waals surface area contributed by atoms with Gasteiger partial charge in [0.25, 0.3) is 12.1 Å². The van der Waals surface area contributed by atoms with Crippen LogP contribution in [0.5, 0.6) is 5.75 Å². The number of rotatable bonds is 5. The molecule has 0 aliphatic heterocycles. The Morgan fingerprint density at radius 3 is 2.69 bits per heavy atom. The minimum absolute atomic E-state index is 0.00648. The Morgan fingerprint density at radius 2 is 2.19 bits per heavy atom. The molecular weight excluding hydrogens is 224 g/mol. The van der Waals surface area contributed by atoms with Crippen LogP contribution in [0.4, 0.5) is 14.5 Å². The first-order valence-corrected chi connectivity index (χ1v) is 4.19. The highest BCUT2D eigenvalue weighted by molar-refractivity contribution is 5.82. The number of ether oxygens (including phenoxy) is 1. The molecule has 16 heavy (non-hydrogen) atoms. The zero-order valence-corrected chi connectivity index (χ0v) is 7.93. The average Bonchev–Trinajstić information content (AvgIpc) is 2.25. The van der Waals surface area contributed by atoms with Gasteiger partial charge in [-0.05, 0) is 12.1 Å². The van der Waals surface area contributed by atoms with Crippen molar-refractivity contribution in [2.75, 3.05) is 6.61 Å². The van der Waals surface area contributed by atoms with Gasteiger partial charge in [0.15, 0.2) is 6.29 Å². The predicted molar refractivity (Wildman–Crippen MR) is 50.0 cm³/mol. The molecule has 5 nitrogen and oxygen atoms in total. The average molecular weight is 231 g/mol. The summed E-state index contributed by atoms with van der Waals surface area (Å²) in [5, 5.41) is 10.4. The molecule has 0 radical (unpaired) electrons. The largest absolute Gasteiger partial charge is 0.488 e. The van der Waals surface area contributed by atoms with Crippen LogP contribution in [0.3, 0.4) is 0 Å².